The molecule has 3 aromatic rings. The van der Waals surface area contributed by atoms with Crippen molar-refractivity contribution in [3.05, 3.63) is 46.7 Å². The second-order valence-electron chi connectivity index (χ2n) is 3.46. The van der Waals surface area contributed by atoms with E-state index in [2.05, 4.69) is 9.97 Å². The van der Waals surface area contributed by atoms with Crippen LogP contribution in [0.15, 0.2) is 36.5 Å². The zero-order chi connectivity index (χ0) is 11.1. The molecule has 0 bridgehead atoms. The topological polar surface area (TPSA) is 25.8 Å². The van der Waals surface area contributed by atoms with E-state index in [1.807, 2.05) is 18.2 Å². The van der Waals surface area contributed by atoms with E-state index in [9.17, 15) is 0 Å². The molecule has 78 valence electrons. The molecular weight excluding hydrogens is 243 g/mol. The second-order valence-corrected chi connectivity index (χ2v) is 4.25. The van der Waals surface area contributed by atoms with Crippen molar-refractivity contribution in [2.24, 2.45) is 0 Å². The van der Waals surface area contributed by atoms with Crippen molar-refractivity contribution >= 4 is 45.0 Å². The molecule has 0 radical (unpaired) electrons. The van der Waals surface area contributed by atoms with Gasteiger partial charge in [0.2, 0.25) is 0 Å². The molecule has 2 aromatic heterocycles. The highest BCUT2D eigenvalue weighted by Crippen LogP contribution is 2.27. The summed E-state index contributed by atoms with van der Waals surface area (Å²) in [6, 6.07) is 9.37. The first kappa shape index (κ1) is 9.82. The monoisotopic (exact) mass is 248 g/mol. The first-order valence-corrected chi connectivity index (χ1v) is 5.51. The lowest BCUT2D eigenvalue weighted by molar-refractivity contribution is 1.37. The van der Waals surface area contributed by atoms with Crippen LogP contribution < -0.4 is 0 Å². The van der Waals surface area contributed by atoms with Gasteiger partial charge in [0.1, 0.15) is 5.15 Å². The molecule has 0 aliphatic carbocycles. The summed E-state index contributed by atoms with van der Waals surface area (Å²) >= 11 is 12.0. The highest BCUT2D eigenvalue weighted by atomic mass is 35.5. The van der Waals surface area contributed by atoms with Gasteiger partial charge in [-0.05, 0) is 18.2 Å². The molecule has 0 fully saturated rings. The van der Waals surface area contributed by atoms with Crippen LogP contribution in [-0.2, 0) is 0 Å². The van der Waals surface area contributed by atoms with Gasteiger partial charge in [-0.3, -0.25) is 4.98 Å². The third kappa shape index (κ3) is 1.42. The number of halogens is 2. The number of nitrogens with zero attached hydrogens (tertiary/aromatic N) is 2. The van der Waals surface area contributed by atoms with E-state index in [0.717, 1.165) is 21.8 Å². The SMILES string of the molecule is Clc1ccc2ccc3c(Cl)ccnc3c2n1. The molecule has 3 rings (SSSR count). The molecule has 0 atom stereocenters. The van der Waals surface area contributed by atoms with Gasteiger partial charge in [-0.15, -0.1) is 0 Å². The molecule has 0 saturated carbocycles. The molecule has 0 aliphatic rings. The number of hydrogen-bond donors (Lipinski definition) is 0. The minimum atomic E-state index is 0.460. The Morgan fingerprint density at radius 3 is 2.56 bits per heavy atom. The zero-order valence-corrected chi connectivity index (χ0v) is 9.63. The Balaban J connectivity index is 2.58. The van der Waals surface area contributed by atoms with E-state index in [1.54, 1.807) is 18.3 Å². The van der Waals surface area contributed by atoms with Crippen molar-refractivity contribution in [1.29, 1.82) is 0 Å². The summed E-state index contributed by atoms with van der Waals surface area (Å²) in [6.07, 6.45) is 1.67. The smallest absolute Gasteiger partial charge is 0.129 e. The molecule has 2 nitrogen and oxygen atoms in total. The van der Waals surface area contributed by atoms with Crippen molar-refractivity contribution in [3.8, 4) is 0 Å². The first-order chi connectivity index (χ1) is 7.75. The third-order valence-electron chi connectivity index (χ3n) is 2.48. The molecule has 0 N–H and O–H groups in total. The number of fused-ring (bicyclic) bond motifs is 3. The second kappa shape index (κ2) is 3.58. The standard InChI is InChI=1S/C12H6Cl2N2/c13-9-5-6-15-12-8(9)3-1-7-2-4-10(14)16-11(7)12/h1-6H. The molecular formula is C12H6Cl2N2. The summed E-state index contributed by atoms with van der Waals surface area (Å²) in [5.74, 6) is 0. The van der Waals surface area contributed by atoms with Crippen LogP contribution in [0.25, 0.3) is 21.8 Å². The normalized spacial score (nSPS) is 11.1. The van der Waals surface area contributed by atoms with Crippen LogP contribution in [0, 0.1) is 0 Å². The number of pyridine rings is 2. The van der Waals surface area contributed by atoms with E-state index < -0.39 is 0 Å². The zero-order valence-electron chi connectivity index (χ0n) is 8.11. The largest absolute Gasteiger partial charge is 0.254 e. The van der Waals surface area contributed by atoms with E-state index in [4.69, 9.17) is 23.2 Å². The van der Waals surface area contributed by atoms with Crippen molar-refractivity contribution in [3.63, 3.8) is 0 Å². The van der Waals surface area contributed by atoms with Gasteiger partial charge >= 0.3 is 0 Å². The molecule has 2 heterocycles. The van der Waals surface area contributed by atoms with Gasteiger partial charge in [0, 0.05) is 17.0 Å². The molecule has 0 unspecified atom stereocenters. The Kier molecular flexibility index (Phi) is 2.20. The molecule has 0 spiro atoms. The Morgan fingerprint density at radius 1 is 0.875 bits per heavy atom. The molecule has 0 amide bonds. The number of aromatic nitrogens is 2. The molecule has 16 heavy (non-hydrogen) atoms. The van der Waals surface area contributed by atoms with Crippen LogP contribution in [0.3, 0.4) is 0 Å². The van der Waals surface area contributed by atoms with E-state index in [1.165, 1.54) is 0 Å². The lowest BCUT2D eigenvalue weighted by Gasteiger charge is -2.03. The van der Waals surface area contributed by atoms with Gasteiger partial charge in [-0.1, -0.05) is 35.3 Å². The average Bonchev–Trinajstić information content (AvgIpc) is 2.29. The fourth-order valence-corrected chi connectivity index (χ4v) is 2.10. The first-order valence-electron chi connectivity index (χ1n) is 4.75. The van der Waals surface area contributed by atoms with Gasteiger partial charge in [-0.25, -0.2) is 4.98 Å². The van der Waals surface area contributed by atoms with Crippen LogP contribution >= 0.6 is 23.2 Å². The number of hydrogen-bond acceptors (Lipinski definition) is 2. The average molecular weight is 249 g/mol. The summed E-state index contributed by atoms with van der Waals surface area (Å²) < 4.78 is 0. The summed E-state index contributed by atoms with van der Waals surface area (Å²) in [6.45, 7) is 0. The molecule has 1 aromatic carbocycles. The van der Waals surface area contributed by atoms with Crippen molar-refractivity contribution in [1.82, 2.24) is 9.97 Å². The minimum Gasteiger partial charge on any atom is -0.254 e. The molecule has 4 heteroatoms. The van der Waals surface area contributed by atoms with Gasteiger partial charge < -0.3 is 0 Å². The predicted molar refractivity (Wildman–Crippen MR) is 67.1 cm³/mol. The van der Waals surface area contributed by atoms with Crippen LogP contribution in [-0.4, -0.2) is 9.97 Å². The Hall–Kier alpha value is -1.38. The maximum absolute atomic E-state index is 6.10. The Labute approximate surface area is 102 Å². The van der Waals surface area contributed by atoms with E-state index in [0.29, 0.717) is 10.2 Å². The Morgan fingerprint density at radius 2 is 1.69 bits per heavy atom. The molecule has 0 aliphatic heterocycles. The fourth-order valence-electron chi connectivity index (χ4n) is 1.74. The maximum Gasteiger partial charge on any atom is 0.129 e. The van der Waals surface area contributed by atoms with Crippen LogP contribution in [0.5, 0.6) is 0 Å². The predicted octanol–water partition coefficient (Wildman–Crippen LogP) is 4.09. The van der Waals surface area contributed by atoms with Gasteiger partial charge in [0.25, 0.3) is 0 Å². The van der Waals surface area contributed by atoms with Gasteiger partial charge in [-0.2, -0.15) is 0 Å². The van der Waals surface area contributed by atoms with Crippen molar-refractivity contribution in [2.45, 2.75) is 0 Å². The van der Waals surface area contributed by atoms with Crippen LogP contribution in [0.2, 0.25) is 10.2 Å². The summed E-state index contributed by atoms with van der Waals surface area (Å²) in [5, 5.41) is 3.04. The lowest BCUT2D eigenvalue weighted by atomic mass is 10.1. The van der Waals surface area contributed by atoms with E-state index in [-0.39, 0.29) is 0 Å². The summed E-state index contributed by atoms with van der Waals surface area (Å²) in [5.41, 5.74) is 1.57. The van der Waals surface area contributed by atoms with Gasteiger partial charge in [0.15, 0.2) is 0 Å². The summed E-state index contributed by atoms with van der Waals surface area (Å²) in [7, 11) is 0. The highest BCUT2D eigenvalue weighted by Gasteiger charge is 2.06. The van der Waals surface area contributed by atoms with E-state index >= 15 is 0 Å². The number of benzene rings is 1. The minimum absolute atomic E-state index is 0.460. The quantitative estimate of drug-likeness (QED) is 0.443. The van der Waals surface area contributed by atoms with Crippen molar-refractivity contribution in [2.75, 3.05) is 0 Å². The Bertz CT molecular complexity index is 695. The van der Waals surface area contributed by atoms with Crippen molar-refractivity contribution < 1.29 is 0 Å². The highest BCUT2D eigenvalue weighted by molar-refractivity contribution is 6.36. The fraction of sp³-hybridized carbons (Fsp3) is 0. The number of rotatable bonds is 0. The summed E-state index contributed by atoms with van der Waals surface area (Å²) in [4.78, 5) is 8.59. The lowest BCUT2D eigenvalue weighted by Crippen LogP contribution is -1.85. The van der Waals surface area contributed by atoms with Crippen LogP contribution in [0.1, 0.15) is 0 Å². The molecule has 0 saturated heterocycles. The van der Waals surface area contributed by atoms with Crippen LogP contribution in [0.4, 0.5) is 0 Å². The maximum atomic E-state index is 6.10. The third-order valence-corrected chi connectivity index (χ3v) is 3.02. The van der Waals surface area contributed by atoms with Gasteiger partial charge in [0.05, 0.1) is 16.1 Å².